The lowest BCUT2D eigenvalue weighted by Crippen LogP contribution is -2.41. The van der Waals surface area contributed by atoms with E-state index in [4.69, 9.17) is 0 Å². The lowest BCUT2D eigenvalue weighted by Gasteiger charge is -2.13. The number of nitrogens with one attached hydrogen (secondary N) is 1. The van der Waals surface area contributed by atoms with Crippen LogP contribution in [0.3, 0.4) is 0 Å². The molecule has 3 rings (SSSR count). The first-order valence-corrected chi connectivity index (χ1v) is 8.69. The zero-order chi connectivity index (χ0) is 18.8. The quantitative estimate of drug-likeness (QED) is 0.706. The summed E-state index contributed by atoms with van der Waals surface area (Å²) in [6, 6.07) is 10.8. The van der Waals surface area contributed by atoms with Crippen LogP contribution in [0.4, 0.5) is 10.1 Å². The Morgan fingerprint density at radius 1 is 1.15 bits per heavy atom. The molecular weight excluding hydrogens is 405 g/mol. The lowest BCUT2D eigenvalue weighted by atomic mass is 10.2. The number of carbonyl (C=O) groups is 1. The van der Waals surface area contributed by atoms with Gasteiger partial charge in [-0.2, -0.15) is 0 Å². The van der Waals surface area contributed by atoms with Crippen molar-refractivity contribution in [3.05, 3.63) is 73.6 Å². The van der Waals surface area contributed by atoms with E-state index in [1.54, 1.807) is 37.3 Å². The molecule has 0 bridgehead atoms. The summed E-state index contributed by atoms with van der Waals surface area (Å²) >= 11 is 3.15. The average Bonchev–Trinajstić information content (AvgIpc) is 2.61. The second-order valence-electron chi connectivity index (χ2n) is 5.61. The van der Waals surface area contributed by atoms with Crippen molar-refractivity contribution in [2.24, 2.45) is 0 Å². The smallest absolute Gasteiger partial charge is 0.322 e. The van der Waals surface area contributed by atoms with Crippen LogP contribution in [-0.2, 0) is 17.9 Å². The highest BCUT2D eigenvalue weighted by Crippen LogP contribution is 2.19. The molecule has 0 spiro atoms. The van der Waals surface area contributed by atoms with Crippen molar-refractivity contribution in [3.8, 4) is 0 Å². The first kappa shape index (κ1) is 18.1. The molecule has 26 heavy (non-hydrogen) atoms. The van der Waals surface area contributed by atoms with Crippen LogP contribution < -0.4 is 16.6 Å². The number of amides is 1. The van der Waals surface area contributed by atoms with Gasteiger partial charge in [-0.15, -0.1) is 0 Å². The summed E-state index contributed by atoms with van der Waals surface area (Å²) in [5.74, 6) is -1.16. The molecule has 2 aromatic carbocycles. The molecule has 0 saturated carbocycles. The van der Waals surface area contributed by atoms with E-state index in [0.717, 1.165) is 4.57 Å². The number of carbonyl (C=O) groups excluding carboxylic acids is 1. The standard InChI is InChI=1S/C18H15BrFN3O3/c1-2-22-17(25)12-5-3-4-6-15(12)23(18(22)26)10-16(24)21-14-8-7-11(19)9-13(14)20/h3-9H,2,10H2,1H3,(H,21,24). The Morgan fingerprint density at radius 2 is 1.88 bits per heavy atom. The van der Waals surface area contributed by atoms with Crippen LogP contribution in [-0.4, -0.2) is 15.0 Å². The SMILES string of the molecule is CCn1c(=O)c2ccccc2n(CC(=O)Nc2ccc(Br)cc2F)c1=O. The molecule has 1 heterocycles. The van der Waals surface area contributed by atoms with Crippen LogP contribution >= 0.6 is 15.9 Å². The van der Waals surface area contributed by atoms with Gasteiger partial charge in [0.05, 0.1) is 16.6 Å². The van der Waals surface area contributed by atoms with Crippen LogP contribution in [0, 0.1) is 5.82 Å². The highest BCUT2D eigenvalue weighted by atomic mass is 79.9. The topological polar surface area (TPSA) is 73.1 Å². The monoisotopic (exact) mass is 419 g/mol. The molecule has 0 atom stereocenters. The largest absolute Gasteiger partial charge is 0.331 e. The van der Waals surface area contributed by atoms with Crippen molar-refractivity contribution in [1.82, 2.24) is 9.13 Å². The number of fused-ring (bicyclic) bond motifs is 1. The van der Waals surface area contributed by atoms with E-state index >= 15 is 0 Å². The molecule has 6 nitrogen and oxygen atoms in total. The van der Waals surface area contributed by atoms with Crippen molar-refractivity contribution in [2.45, 2.75) is 20.0 Å². The third-order valence-corrected chi connectivity index (χ3v) is 4.45. The summed E-state index contributed by atoms with van der Waals surface area (Å²) in [6.07, 6.45) is 0. The predicted molar refractivity (Wildman–Crippen MR) is 101 cm³/mol. The summed E-state index contributed by atoms with van der Waals surface area (Å²) in [5.41, 5.74) is -0.607. The van der Waals surface area contributed by atoms with Crippen molar-refractivity contribution >= 4 is 38.4 Å². The molecule has 8 heteroatoms. The lowest BCUT2D eigenvalue weighted by molar-refractivity contribution is -0.116. The van der Waals surface area contributed by atoms with Crippen LogP contribution in [0.15, 0.2) is 56.5 Å². The fourth-order valence-corrected chi connectivity index (χ4v) is 3.06. The van der Waals surface area contributed by atoms with Gasteiger partial charge in [0.2, 0.25) is 5.91 Å². The van der Waals surface area contributed by atoms with Crippen molar-refractivity contribution < 1.29 is 9.18 Å². The molecule has 1 N–H and O–H groups in total. The summed E-state index contributed by atoms with van der Waals surface area (Å²) < 4.78 is 16.7. The van der Waals surface area contributed by atoms with E-state index in [1.165, 1.54) is 16.7 Å². The molecule has 0 unspecified atom stereocenters. The summed E-state index contributed by atoms with van der Waals surface area (Å²) in [4.78, 5) is 37.3. The Kier molecular flexibility index (Phi) is 5.03. The number of para-hydroxylation sites is 1. The second kappa shape index (κ2) is 7.25. The van der Waals surface area contributed by atoms with Gasteiger partial charge in [-0.25, -0.2) is 9.18 Å². The maximum atomic E-state index is 13.9. The maximum absolute atomic E-state index is 13.9. The highest BCUT2D eigenvalue weighted by Gasteiger charge is 2.15. The molecule has 1 amide bonds. The van der Waals surface area contributed by atoms with E-state index < -0.39 is 23.0 Å². The van der Waals surface area contributed by atoms with Crippen molar-refractivity contribution in [3.63, 3.8) is 0 Å². The first-order valence-electron chi connectivity index (χ1n) is 7.89. The Bertz CT molecular complexity index is 1120. The fraction of sp³-hybridized carbons (Fsp3) is 0.167. The number of benzene rings is 2. The number of nitrogens with zero attached hydrogens (tertiary/aromatic N) is 2. The number of hydrogen-bond donors (Lipinski definition) is 1. The Morgan fingerprint density at radius 3 is 2.58 bits per heavy atom. The number of rotatable bonds is 4. The number of aromatic nitrogens is 2. The summed E-state index contributed by atoms with van der Waals surface area (Å²) in [7, 11) is 0. The van der Waals surface area contributed by atoms with E-state index in [2.05, 4.69) is 21.2 Å². The van der Waals surface area contributed by atoms with Gasteiger partial charge >= 0.3 is 5.69 Å². The second-order valence-corrected chi connectivity index (χ2v) is 6.52. The Hall–Kier alpha value is -2.74. The number of anilines is 1. The molecular formula is C18H15BrFN3O3. The Balaban J connectivity index is 2.02. The van der Waals surface area contributed by atoms with E-state index in [0.29, 0.717) is 15.4 Å². The van der Waals surface area contributed by atoms with E-state index in [9.17, 15) is 18.8 Å². The molecule has 0 saturated heterocycles. The molecule has 0 aliphatic carbocycles. The minimum absolute atomic E-state index is 0.0133. The zero-order valence-corrected chi connectivity index (χ0v) is 15.4. The number of halogens is 2. The number of hydrogen-bond acceptors (Lipinski definition) is 3. The zero-order valence-electron chi connectivity index (χ0n) is 13.8. The van der Waals surface area contributed by atoms with Gasteiger partial charge in [0.1, 0.15) is 12.4 Å². The van der Waals surface area contributed by atoms with Crippen LogP contribution in [0.1, 0.15) is 6.92 Å². The van der Waals surface area contributed by atoms with E-state index in [1.807, 2.05) is 0 Å². The molecule has 1 aromatic heterocycles. The first-order chi connectivity index (χ1) is 12.4. The normalized spacial score (nSPS) is 10.9. The molecule has 0 fully saturated rings. The molecule has 3 aromatic rings. The van der Waals surface area contributed by atoms with Gasteiger partial charge in [0.15, 0.2) is 0 Å². The Labute approximate surface area is 156 Å². The van der Waals surface area contributed by atoms with Crippen LogP contribution in [0.2, 0.25) is 0 Å². The van der Waals surface area contributed by atoms with Gasteiger partial charge in [0, 0.05) is 11.0 Å². The fourth-order valence-electron chi connectivity index (χ4n) is 2.73. The summed E-state index contributed by atoms with van der Waals surface area (Å²) in [5, 5.41) is 2.79. The molecule has 134 valence electrons. The van der Waals surface area contributed by atoms with Gasteiger partial charge in [-0.1, -0.05) is 28.1 Å². The average molecular weight is 420 g/mol. The van der Waals surface area contributed by atoms with Gasteiger partial charge in [-0.3, -0.25) is 18.7 Å². The highest BCUT2D eigenvalue weighted by molar-refractivity contribution is 9.10. The van der Waals surface area contributed by atoms with Gasteiger partial charge < -0.3 is 5.32 Å². The molecule has 0 aliphatic heterocycles. The minimum atomic E-state index is -0.594. The minimum Gasteiger partial charge on any atom is -0.322 e. The van der Waals surface area contributed by atoms with Crippen LogP contribution in [0.25, 0.3) is 10.9 Å². The van der Waals surface area contributed by atoms with Gasteiger partial charge in [0.25, 0.3) is 5.56 Å². The molecule has 0 radical (unpaired) electrons. The third kappa shape index (κ3) is 3.32. The maximum Gasteiger partial charge on any atom is 0.331 e. The van der Waals surface area contributed by atoms with Crippen molar-refractivity contribution in [1.29, 1.82) is 0 Å². The van der Waals surface area contributed by atoms with E-state index in [-0.39, 0.29) is 18.8 Å². The van der Waals surface area contributed by atoms with Crippen LogP contribution in [0.5, 0.6) is 0 Å². The third-order valence-electron chi connectivity index (χ3n) is 3.96. The van der Waals surface area contributed by atoms with Gasteiger partial charge in [-0.05, 0) is 37.3 Å². The molecule has 0 aliphatic rings. The van der Waals surface area contributed by atoms with Crippen molar-refractivity contribution in [2.75, 3.05) is 5.32 Å². The summed E-state index contributed by atoms with van der Waals surface area (Å²) in [6.45, 7) is 1.53. The predicted octanol–water partition coefficient (Wildman–Crippen LogP) is 2.72.